The summed E-state index contributed by atoms with van der Waals surface area (Å²) >= 11 is 5.73. The standard InChI is InChI=1S/C12H14ClN3O4/c13-9-6-10(16(19)20)12(14-7-9)15-3-1-8(2-4-15)5-11(17)18/h6-8H,1-5H2,(H,17,18). The first-order valence-corrected chi connectivity index (χ1v) is 6.62. The van der Waals surface area contributed by atoms with Gasteiger partial charge < -0.3 is 10.0 Å². The Bertz CT molecular complexity index is 529. The first-order chi connectivity index (χ1) is 9.47. The largest absolute Gasteiger partial charge is 0.481 e. The molecule has 0 unspecified atom stereocenters. The van der Waals surface area contributed by atoms with Crippen LogP contribution in [-0.2, 0) is 4.79 Å². The first-order valence-electron chi connectivity index (χ1n) is 6.24. The third-order valence-corrected chi connectivity index (χ3v) is 3.59. The lowest BCUT2D eigenvalue weighted by molar-refractivity contribution is -0.384. The maximum Gasteiger partial charge on any atom is 0.313 e. The predicted octanol–water partition coefficient (Wildman–Crippen LogP) is 2.33. The number of piperidine rings is 1. The summed E-state index contributed by atoms with van der Waals surface area (Å²) in [4.78, 5) is 27.1. The number of carbonyl (C=O) groups is 1. The topological polar surface area (TPSA) is 96.6 Å². The Morgan fingerprint density at radius 2 is 2.20 bits per heavy atom. The highest BCUT2D eigenvalue weighted by atomic mass is 35.5. The molecule has 1 N–H and O–H groups in total. The van der Waals surface area contributed by atoms with E-state index >= 15 is 0 Å². The monoisotopic (exact) mass is 299 g/mol. The number of carboxylic acids is 1. The number of nitrogens with zero attached hydrogens (tertiary/aromatic N) is 3. The minimum atomic E-state index is -0.806. The van der Waals surface area contributed by atoms with Crippen LogP contribution < -0.4 is 4.90 Å². The molecule has 2 rings (SSSR count). The Morgan fingerprint density at radius 1 is 1.55 bits per heavy atom. The Hall–Kier alpha value is -1.89. The Balaban J connectivity index is 2.11. The lowest BCUT2D eigenvalue weighted by Gasteiger charge is -2.31. The van der Waals surface area contributed by atoms with Gasteiger partial charge in [0.05, 0.1) is 9.95 Å². The number of rotatable bonds is 4. The summed E-state index contributed by atoms with van der Waals surface area (Å²) in [7, 11) is 0. The normalized spacial score (nSPS) is 16.1. The smallest absolute Gasteiger partial charge is 0.313 e. The van der Waals surface area contributed by atoms with Crippen LogP contribution in [0.25, 0.3) is 0 Å². The molecule has 0 aromatic carbocycles. The molecule has 7 nitrogen and oxygen atoms in total. The Morgan fingerprint density at radius 3 is 2.75 bits per heavy atom. The second-order valence-corrected chi connectivity index (χ2v) is 5.22. The molecule has 0 aliphatic carbocycles. The molecule has 0 radical (unpaired) electrons. The summed E-state index contributed by atoms with van der Waals surface area (Å²) in [5.74, 6) is -0.387. The van der Waals surface area contributed by atoms with Crippen molar-refractivity contribution in [2.24, 2.45) is 5.92 Å². The van der Waals surface area contributed by atoms with Gasteiger partial charge in [0, 0.05) is 31.8 Å². The Labute approximate surface area is 120 Å². The van der Waals surface area contributed by atoms with Crippen molar-refractivity contribution >= 4 is 29.1 Å². The fourth-order valence-corrected chi connectivity index (χ4v) is 2.55. The average molecular weight is 300 g/mol. The third kappa shape index (κ3) is 3.36. The van der Waals surface area contributed by atoms with E-state index in [9.17, 15) is 14.9 Å². The van der Waals surface area contributed by atoms with Crippen molar-refractivity contribution in [2.45, 2.75) is 19.3 Å². The molecular weight excluding hydrogens is 286 g/mol. The van der Waals surface area contributed by atoms with E-state index in [1.54, 1.807) is 0 Å². The van der Waals surface area contributed by atoms with E-state index in [2.05, 4.69) is 4.98 Å². The number of halogens is 1. The first kappa shape index (κ1) is 14.5. The maximum absolute atomic E-state index is 11.0. The molecule has 1 fully saturated rings. The molecule has 8 heteroatoms. The highest BCUT2D eigenvalue weighted by Gasteiger charge is 2.27. The number of hydrogen-bond acceptors (Lipinski definition) is 5. The number of aliphatic carboxylic acids is 1. The molecule has 0 bridgehead atoms. The summed E-state index contributed by atoms with van der Waals surface area (Å²) in [6.45, 7) is 1.13. The average Bonchev–Trinajstić information content (AvgIpc) is 2.39. The summed E-state index contributed by atoms with van der Waals surface area (Å²) in [5, 5.41) is 20.0. The van der Waals surface area contributed by atoms with Gasteiger partial charge in [0.2, 0.25) is 5.82 Å². The zero-order valence-corrected chi connectivity index (χ0v) is 11.4. The highest BCUT2D eigenvalue weighted by Crippen LogP contribution is 2.31. The van der Waals surface area contributed by atoms with Crippen LogP contribution in [0, 0.1) is 16.0 Å². The van der Waals surface area contributed by atoms with E-state index < -0.39 is 10.9 Å². The fraction of sp³-hybridized carbons (Fsp3) is 0.500. The highest BCUT2D eigenvalue weighted by molar-refractivity contribution is 6.30. The molecule has 108 valence electrons. The van der Waals surface area contributed by atoms with Crippen molar-refractivity contribution in [3.63, 3.8) is 0 Å². The molecule has 0 amide bonds. The van der Waals surface area contributed by atoms with Crippen LogP contribution in [0.5, 0.6) is 0 Å². The van der Waals surface area contributed by atoms with Gasteiger partial charge in [-0.15, -0.1) is 0 Å². The van der Waals surface area contributed by atoms with Gasteiger partial charge in [0.25, 0.3) is 0 Å². The van der Waals surface area contributed by atoms with Gasteiger partial charge in [-0.25, -0.2) is 4.98 Å². The third-order valence-electron chi connectivity index (χ3n) is 3.39. The summed E-state index contributed by atoms with van der Waals surface area (Å²) in [6, 6.07) is 1.28. The van der Waals surface area contributed by atoms with Crippen LogP contribution in [0.15, 0.2) is 12.3 Å². The molecule has 1 aliphatic heterocycles. The number of nitro groups is 1. The summed E-state index contributed by atoms with van der Waals surface area (Å²) in [5.41, 5.74) is -0.116. The van der Waals surface area contributed by atoms with E-state index in [1.807, 2.05) is 4.90 Å². The minimum Gasteiger partial charge on any atom is -0.481 e. The molecule has 0 saturated carbocycles. The van der Waals surface area contributed by atoms with Gasteiger partial charge in [-0.05, 0) is 18.8 Å². The Kier molecular flexibility index (Phi) is 4.39. The van der Waals surface area contributed by atoms with Crippen molar-refractivity contribution in [3.8, 4) is 0 Å². The molecule has 1 aromatic heterocycles. The number of hydrogen-bond donors (Lipinski definition) is 1. The van der Waals surface area contributed by atoms with E-state index in [0.29, 0.717) is 31.7 Å². The molecule has 2 heterocycles. The number of carboxylic acid groups (broad SMARTS) is 1. The van der Waals surface area contributed by atoms with E-state index in [0.717, 1.165) is 0 Å². The van der Waals surface area contributed by atoms with E-state index in [-0.39, 0.29) is 23.0 Å². The van der Waals surface area contributed by atoms with Crippen molar-refractivity contribution < 1.29 is 14.8 Å². The number of pyridine rings is 1. The van der Waals surface area contributed by atoms with Crippen molar-refractivity contribution in [2.75, 3.05) is 18.0 Å². The maximum atomic E-state index is 11.0. The quantitative estimate of drug-likeness (QED) is 0.677. The van der Waals surface area contributed by atoms with Crippen LogP contribution >= 0.6 is 11.6 Å². The number of aromatic nitrogens is 1. The van der Waals surface area contributed by atoms with Crippen LogP contribution in [0.2, 0.25) is 5.02 Å². The van der Waals surface area contributed by atoms with E-state index in [1.165, 1.54) is 12.3 Å². The van der Waals surface area contributed by atoms with Crippen LogP contribution in [-0.4, -0.2) is 34.1 Å². The second-order valence-electron chi connectivity index (χ2n) is 4.78. The van der Waals surface area contributed by atoms with Crippen LogP contribution in [0.3, 0.4) is 0 Å². The lowest BCUT2D eigenvalue weighted by atomic mass is 9.93. The predicted molar refractivity (Wildman–Crippen MR) is 73.1 cm³/mol. The van der Waals surface area contributed by atoms with Crippen LogP contribution in [0.4, 0.5) is 11.5 Å². The summed E-state index contributed by atoms with van der Waals surface area (Å²) < 4.78 is 0. The number of anilines is 1. The second kappa shape index (κ2) is 6.04. The molecule has 0 atom stereocenters. The van der Waals surface area contributed by atoms with E-state index in [4.69, 9.17) is 16.7 Å². The lowest BCUT2D eigenvalue weighted by Crippen LogP contribution is -2.35. The molecular formula is C12H14ClN3O4. The summed E-state index contributed by atoms with van der Waals surface area (Å²) in [6.07, 6.45) is 2.90. The van der Waals surface area contributed by atoms with Gasteiger partial charge in [0.15, 0.2) is 0 Å². The van der Waals surface area contributed by atoms with Crippen molar-refractivity contribution in [1.29, 1.82) is 0 Å². The van der Waals surface area contributed by atoms with Crippen molar-refractivity contribution in [1.82, 2.24) is 4.98 Å². The minimum absolute atomic E-state index is 0.116. The SMILES string of the molecule is O=C(O)CC1CCN(c2ncc(Cl)cc2[N+](=O)[O-])CC1. The van der Waals surface area contributed by atoms with Gasteiger partial charge >= 0.3 is 11.7 Å². The van der Waals surface area contributed by atoms with Gasteiger partial charge in [-0.2, -0.15) is 0 Å². The molecule has 0 spiro atoms. The molecule has 20 heavy (non-hydrogen) atoms. The fourth-order valence-electron chi connectivity index (χ4n) is 2.40. The molecule has 1 aliphatic rings. The van der Waals surface area contributed by atoms with Gasteiger partial charge in [-0.1, -0.05) is 11.6 Å². The zero-order chi connectivity index (χ0) is 14.7. The van der Waals surface area contributed by atoms with Gasteiger partial charge in [-0.3, -0.25) is 14.9 Å². The van der Waals surface area contributed by atoms with Gasteiger partial charge in [0.1, 0.15) is 0 Å². The van der Waals surface area contributed by atoms with Crippen molar-refractivity contribution in [3.05, 3.63) is 27.4 Å². The molecule has 1 saturated heterocycles. The molecule has 1 aromatic rings. The van der Waals surface area contributed by atoms with Crippen LogP contribution in [0.1, 0.15) is 19.3 Å². The zero-order valence-electron chi connectivity index (χ0n) is 10.7.